The Morgan fingerprint density at radius 3 is 2.32 bits per heavy atom. The van der Waals surface area contributed by atoms with E-state index in [1.165, 1.54) is 12.8 Å². The van der Waals surface area contributed by atoms with Gasteiger partial charge < -0.3 is 11.1 Å². The van der Waals surface area contributed by atoms with Crippen LogP contribution in [0.4, 0.5) is 0 Å². The maximum atomic E-state index is 11.9. The quantitative estimate of drug-likeness (QED) is 0.640. The van der Waals surface area contributed by atoms with Crippen molar-refractivity contribution < 1.29 is 4.79 Å². The van der Waals surface area contributed by atoms with Crippen molar-refractivity contribution in [3.05, 3.63) is 0 Å². The molecule has 1 unspecified atom stereocenters. The van der Waals surface area contributed by atoms with Crippen LogP contribution in [-0.4, -0.2) is 19.0 Å². The Kier molecular flexibility index (Phi) is 9.07. The first-order chi connectivity index (χ1) is 8.83. The molecule has 0 saturated heterocycles. The third-order valence-electron chi connectivity index (χ3n) is 4.36. The summed E-state index contributed by atoms with van der Waals surface area (Å²) in [7, 11) is 0. The van der Waals surface area contributed by atoms with E-state index >= 15 is 0 Å². The summed E-state index contributed by atoms with van der Waals surface area (Å²) >= 11 is 0. The van der Waals surface area contributed by atoms with Crippen molar-refractivity contribution in [3.8, 4) is 0 Å². The molecule has 3 N–H and O–H groups in total. The summed E-state index contributed by atoms with van der Waals surface area (Å²) in [6.45, 7) is 12.5. The fourth-order valence-electron chi connectivity index (χ4n) is 2.03. The molecule has 1 atom stereocenters. The van der Waals surface area contributed by atoms with Crippen LogP contribution in [0, 0.1) is 17.3 Å². The summed E-state index contributed by atoms with van der Waals surface area (Å²) in [5.74, 6) is 1.36. The van der Waals surface area contributed by atoms with Gasteiger partial charge in [0.25, 0.3) is 0 Å². The SMILES string of the molecule is CCCC(CCN)CCC(=O)NCC(C)(C)C(C)C. The van der Waals surface area contributed by atoms with Gasteiger partial charge in [0, 0.05) is 13.0 Å². The molecular formula is C16H34N2O. The van der Waals surface area contributed by atoms with Crippen LogP contribution in [0.5, 0.6) is 0 Å². The highest BCUT2D eigenvalue weighted by Gasteiger charge is 2.22. The van der Waals surface area contributed by atoms with Crippen LogP contribution in [0.3, 0.4) is 0 Å². The summed E-state index contributed by atoms with van der Waals surface area (Å²) in [5.41, 5.74) is 5.78. The lowest BCUT2D eigenvalue weighted by molar-refractivity contribution is -0.122. The van der Waals surface area contributed by atoms with Crippen molar-refractivity contribution in [2.24, 2.45) is 23.0 Å². The van der Waals surface area contributed by atoms with E-state index in [2.05, 4.69) is 39.9 Å². The Morgan fingerprint density at radius 1 is 1.21 bits per heavy atom. The molecule has 0 aromatic rings. The maximum absolute atomic E-state index is 11.9. The smallest absolute Gasteiger partial charge is 0.220 e. The minimum Gasteiger partial charge on any atom is -0.356 e. The van der Waals surface area contributed by atoms with Crippen molar-refractivity contribution in [1.29, 1.82) is 0 Å². The number of rotatable bonds is 10. The van der Waals surface area contributed by atoms with Crippen molar-refractivity contribution in [2.45, 2.75) is 66.7 Å². The van der Waals surface area contributed by atoms with Crippen LogP contribution in [0.25, 0.3) is 0 Å². The average molecular weight is 270 g/mol. The molecule has 0 saturated carbocycles. The molecule has 0 fully saturated rings. The Morgan fingerprint density at radius 2 is 1.84 bits per heavy atom. The summed E-state index contributed by atoms with van der Waals surface area (Å²) in [5, 5.41) is 3.07. The molecule has 0 aromatic heterocycles. The zero-order chi connectivity index (χ0) is 14.9. The summed E-state index contributed by atoms with van der Waals surface area (Å²) in [6, 6.07) is 0. The maximum Gasteiger partial charge on any atom is 0.220 e. The van der Waals surface area contributed by atoms with Gasteiger partial charge in [-0.25, -0.2) is 0 Å². The summed E-state index contributed by atoms with van der Waals surface area (Å²) in [4.78, 5) is 11.9. The lowest BCUT2D eigenvalue weighted by Gasteiger charge is -2.29. The van der Waals surface area contributed by atoms with Crippen LogP contribution in [0.15, 0.2) is 0 Å². The molecule has 0 aliphatic rings. The van der Waals surface area contributed by atoms with Gasteiger partial charge in [0.2, 0.25) is 5.91 Å². The predicted molar refractivity (Wildman–Crippen MR) is 82.9 cm³/mol. The fraction of sp³-hybridized carbons (Fsp3) is 0.938. The number of nitrogens with one attached hydrogen (secondary N) is 1. The summed E-state index contributed by atoms with van der Waals surface area (Å²) < 4.78 is 0. The van der Waals surface area contributed by atoms with E-state index in [4.69, 9.17) is 5.73 Å². The molecule has 1 amide bonds. The van der Waals surface area contributed by atoms with E-state index in [0.717, 1.165) is 25.9 Å². The van der Waals surface area contributed by atoms with Crippen LogP contribution < -0.4 is 11.1 Å². The van der Waals surface area contributed by atoms with Crippen LogP contribution in [-0.2, 0) is 4.79 Å². The van der Waals surface area contributed by atoms with Gasteiger partial charge in [0.05, 0.1) is 0 Å². The largest absolute Gasteiger partial charge is 0.356 e. The van der Waals surface area contributed by atoms with Gasteiger partial charge >= 0.3 is 0 Å². The van der Waals surface area contributed by atoms with Gasteiger partial charge in [-0.2, -0.15) is 0 Å². The Bertz CT molecular complexity index is 243. The van der Waals surface area contributed by atoms with Gasteiger partial charge in [0.1, 0.15) is 0 Å². The number of hydrogen-bond acceptors (Lipinski definition) is 2. The molecule has 0 radical (unpaired) electrons. The molecule has 0 aliphatic carbocycles. The molecule has 114 valence electrons. The summed E-state index contributed by atoms with van der Waals surface area (Å²) in [6.07, 6.45) is 5.01. The number of nitrogens with two attached hydrogens (primary N) is 1. The van der Waals surface area contributed by atoms with Crippen LogP contribution >= 0.6 is 0 Å². The zero-order valence-corrected chi connectivity index (χ0v) is 13.6. The van der Waals surface area contributed by atoms with Crippen molar-refractivity contribution >= 4 is 5.91 Å². The third-order valence-corrected chi connectivity index (χ3v) is 4.36. The number of hydrogen-bond donors (Lipinski definition) is 2. The topological polar surface area (TPSA) is 55.1 Å². The molecule has 19 heavy (non-hydrogen) atoms. The van der Waals surface area contributed by atoms with E-state index in [1.807, 2.05) is 0 Å². The predicted octanol–water partition coefficient (Wildman–Crippen LogP) is 3.33. The van der Waals surface area contributed by atoms with Gasteiger partial charge in [0.15, 0.2) is 0 Å². The first-order valence-electron chi connectivity index (χ1n) is 7.80. The lowest BCUT2D eigenvalue weighted by atomic mass is 9.81. The second-order valence-electron chi connectivity index (χ2n) is 6.69. The molecule has 0 heterocycles. The molecule has 3 heteroatoms. The highest BCUT2D eigenvalue weighted by Crippen LogP contribution is 2.24. The standard InChI is InChI=1S/C16H34N2O/c1-6-7-14(10-11-17)8-9-15(19)18-12-16(4,5)13(2)3/h13-14H,6-12,17H2,1-5H3,(H,18,19). The van der Waals surface area contributed by atoms with Gasteiger partial charge in [-0.3, -0.25) is 4.79 Å². The minimum absolute atomic E-state index is 0.162. The Balaban J connectivity index is 3.97. The molecule has 0 rings (SSSR count). The number of amides is 1. The monoisotopic (exact) mass is 270 g/mol. The van der Waals surface area contributed by atoms with Gasteiger partial charge in [-0.15, -0.1) is 0 Å². The molecular weight excluding hydrogens is 236 g/mol. The van der Waals surface area contributed by atoms with E-state index < -0.39 is 0 Å². The molecule has 0 aliphatic heterocycles. The molecule has 0 aromatic carbocycles. The van der Waals surface area contributed by atoms with E-state index in [-0.39, 0.29) is 11.3 Å². The van der Waals surface area contributed by atoms with E-state index in [1.54, 1.807) is 0 Å². The molecule has 0 bridgehead atoms. The third kappa shape index (κ3) is 8.25. The zero-order valence-electron chi connectivity index (χ0n) is 13.6. The number of carbonyl (C=O) groups is 1. The fourth-order valence-corrected chi connectivity index (χ4v) is 2.03. The highest BCUT2D eigenvalue weighted by molar-refractivity contribution is 5.75. The Hall–Kier alpha value is -0.570. The normalized spacial score (nSPS) is 13.6. The minimum atomic E-state index is 0.162. The second kappa shape index (κ2) is 9.35. The molecule has 3 nitrogen and oxygen atoms in total. The van der Waals surface area contributed by atoms with Crippen LogP contribution in [0.1, 0.15) is 66.7 Å². The van der Waals surface area contributed by atoms with E-state index in [0.29, 0.717) is 18.3 Å². The Labute approximate surface area is 119 Å². The molecule has 0 spiro atoms. The second-order valence-corrected chi connectivity index (χ2v) is 6.69. The van der Waals surface area contributed by atoms with Crippen molar-refractivity contribution in [1.82, 2.24) is 5.32 Å². The first kappa shape index (κ1) is 18.4. The van der Waals surface area contributed by atoms with Crippen LogP contribution in [0.2, 0.25) is 0 Å². The number of carbonyl (C=O) groups excluding carboxylic acids is 1. The first-order valence-corrected chi connectivity index (χ1v) is 7.80. The van der Waals surface area contributed by atoms with Crippen molar-refractivity contribution in [2.75, 3.05) is 13.1 Å². The lowest BCUT2D eigenvalue weighted by Crippen LogP contribution is -2.37. The van der Waals surface area contributed by atoms with Gasteiger partial charge in [-0.1, -0.05) is 47.5 Å². The van der Waals surface area contributed by atoms with Gasteiger partial charge in [-0.05, 0) is 36.6 Å². The highest BCUT2D eigenvalue weighted by atomic mass is 16.1. The average Bonchev–Trinajstić information content (AvgIpc) is 2.34. The van der Waals surface area contributed by atoms with Crippen molar-refractivity contribution in [3.63, 3.8) is 0 Å². The van der Waals surface area contributed by atoms with E-state index in [9.17, 15) is 4.79 Å².